The minimum Gasteiger partial charge on any atom is -0.399 e. The first-order chi connectivity index (χ1) is 9.69. The Labute approximate surface area is 119 Å². The van der Waals surface area contributed by atoms with E-state index in [0.717, 1.165) is 23.7 Å². The molecule has 0 heterocycles. The second kappa shape index (κ2) is 4.51. The van der Waals surface area contributed by atoms with Crippen LogP contribution in [0.25, 0.3) is 0 Å². The Balaban J connectivity index is 1.50. The summed E-state index contributed by atoms with van der Waals surface area (Å²) in [5.74, 6) is 3.37. The lowest BCUT2D eigenvalue weighted by atomic mass is 9.54. The van der Waals surface area contributed by atoms with Crippen LogP contribution < -0.4 is 11.1 Å². The smallest absolute Gasteiger partial charge is 0.251 e. The Morgan fingerprint density at radius 2 is 1.70 bits per heavy atom. The lowest BCUT2D eigenvalue weighted by Crippen LogP contribution is -2.55. The molecule has 4 bridgehead atoms. The normalized spacial score (nSPS) is 37.9. The molecule has 0 saturated heterocycles. The lowest BCUT2D eigenvalue weighted by molar-refractivity contribution is -0.0119. The summed E-state index contributed by atoms with van der Waals surface area (Å²) in [4.78, 5) is 12.4. The van der Waals surface area contributed by atoms with Crippen LogP contribution in [-0.4, -0.2) is 11.9 Å². The van der Waals surface area contributed by atoms with Gasteiger partial charge in [0, 0.05) is 17.3 Å². The Morgan fingerprint density at radius 1 is 1.05 bits per heavy atom. The van der Waals surface area contributed by atoms with Gasteiger partial charge in [-0.1, -0.05) is 6.07 Å². The summed E-state index contributed by atoms with van der Waals surface area (Å²) in [5.41, 5.74) is 7.11. The third kappa shape index (κ3) is 2.00. The average molecular weight is 270 g/mol. The minimum atomic E-state index is 0.0507. The average Bonchev–Trinajstić information content (AvgIpc) is 2.42. The molecule has 4 aliphatic rings. The van der Waals surface area contributed by atoms with Crippen molar-refractivity contribution in [1.29, 1.82) is 0 Å². The molecule has 1 aromatic rings. The van der Waals surface area contributed by atoms with Gasteiger partial charge >= 0.3 is 0 Å². The van der Waals surface area contributed by atoms with E-state index in [0.29, 0.717) is 17.3 Å². The molecule has 4 aliphatic carbocycles. The molecule has 4 fully saturated rings. The van der Waals surface area contributed by atoms with Crippen molar-refractivity contribution < 1.29 is 4.79 Å². The SMILES string of the molecule is Nc1cccc(C(=O)NC2C3CC4CC(C3)CC2C4)c1. The highest BCUT2D eigenvalue weighted by Gasteiger charge is 2.48. The van der Waals surface area contributed by atoms with E-state index in [2.05, 4.69) is 5.32 Å². The van der Waals surface area contributed by atoms with Crippen molar-refractivity contribution in [3.05, 3.63) is 29.8 Å². The first kappa shape index (κ1) is 12.2. The zero-order valence-electron chi connectivity index (χ0n) is 11.7. The van der Waals surface area contributed by atoms with E-state index in [1.165, 1.54) is 32.1 Å². The van der Waals surface area contributed by atoms with E-state index in [4.69, 9.17) is 5.73 Å². The predicted octanol–water partition coefficient (Wildman–Crippen LogP) is 2.82. The monoisotopic (exact) mass is 270 g/mol. The van der Waals surface area contributed by atoms with Crippen LogP contribution in [0.3, 0.4) is 0 Å². The summed E-state index contributed by atoms with van der Waals surface area (Å²) in [6, 6.07) is 7.69. The van der Waals surface area contributed by atoms with Gasteiger partial charge in [0.25, 0.3) is 5.91 Å². The quantitative estimate of drug-likeness (QED) is 0.812. The molecule has 1 amide bonds. The van der Waals surface area contributed by atoms with E-state index in [-0.39, 0.29) is 5.91 Å². The summed E-state index contributed by atoms with van der Waals surface area (Å²) in [5, 5.41) is 3.31. The molecule has 0 atom stereocenters. The van der Waals surface area contributed by atoms with Crippen molar-refractivity contribution in [2.45, 2.75) is 38.1 Å². The highest BCUT2D eigenvalue weighted by atomic mass is 16.1. The van der Waals surface area contributed by atoms with Crippen LogP contribution >= 0.6 is 0 Å². The maximum Gasteiger partial charge on any atom is 0.251 e. The van der Waals surface area contributed by atoms with Gasteiger partial charge < -0.3 is 11.1 Å². The van der Waals surface area contributed by atoms with E-state index < -0.39 is 0 Å². The Bertz CT molecular complexity index is 512. The summed E-state index contributed by atoms with van der Waals surface area (Å²) in [6.07, 6.45) is 6.76. The molecule has 5 rings (SSSR count). The number of rotatable bonds is 2. The number of nitrogens with two attached hydrogens (primary N) is 1. The second-order valence-corrected chi connectivity index (χ2v) is 7.06. The van der Waals surface area contributed by atoms with Crippen molar-refractivity contribution in [3.8, 4) is 0 Å². The van der Waals surface area contributed by atoms with Gasteiger partial charge in [-0.2, -0.15) is 0 Å². The summed E-state index contributed by atoms with van der Waals surface area (Å²) >= 11 is 0. The number of nitrogens with one attached hydrogen (secondary N) is 1. The second-order valence-electron chi connectivity index (χ2n) is 7.06. The molecule has 3 nitrogen and oxygen atoms in total. The first-order valence-electron chi connectivity index (χ1n) is 7.85. The maximum absolute atomic E-state index is 12.4. The van der Waals surface area contributed by atoms with Gasteiger partial charge in [0.2, 0.25) is 0 Å². The number of nitrogen functional groups attached to an aromatic ring is 1. The third-order valence-electron chi connectivity index (χ3n) is 5.67. The number of carbonyl (C=O) groups is 1. The summed E-state index contributed by atoms with van der Waals surface area (Å²) in [7, 11) is 0. The Hall–Kier alpha value is -1.51. The zero-order valence-corrected chi connectivity index (χ0v) is 11.7. The third-order valence-corrected chi connectivity index (χ3v) is 5.67. The van der Waals surface area contributed by atoms with Crippen molar-refractivity contribution >= 4 is 11.6 Å². The molecule has 0 spiro atoms. The summed E-state index contributed by atoms with van der Waals surface area (Å²) in [6.45, 7) is 0. The molecule has 1 aromatic carbocycles. The Morgan fingerprint density at radius 3 is 2.30 bits per heavy atom. The molecule has 0 unspecified atom stereocenters. The van der Waals surface area contributed by atoms with Gasteiger partial charge in [0.1, 0.15) is 0 Å². The maximum atomic E-state index is 12.4. The van der Waals surface area contributed by atoms with Crippen molar-refractivity contribution in [1.82, 2.24) is 5.32 Å². The van der Waals surface area contributed by atoms with Gasteiger partial charge in [0.15, 0.2) is 0 Å². The van der Waals surface area contributed by atoms with Crippen LogP contribution in [0.4, 0.5) is 5.69 Å². The first-order valence-corrected chi connectivity index (χ1v) is 7.85. The highest BCUT2D eigenvalue weighted by Crippen LogP contribution is 2.53. The van der Waals surface area contributed by atoms with Crippen LogP contribution in [0.2, 0.25) is 0 Å². The van der Waals surface area contributed by atoms with Crippen LogP contribution in [0.15, 0.2) is 24.3 Å². The molecule has 4 saturated carbocycles. The van der Waals surface area contributed by atoms with Crippen LogP contribution in [0.5, 0.6) is 0 Å². The van der Waals surface area contributed by atoms with Crippen molar-refractivity contribution in [2.24, 2.45) is 23.7 Å². The number of amides is 1. The molecule has 0 aromatic heterocycles. The molecular formula is C17H22N2O. The van der Waals surface area contributed by atoms with Gasteiger partial charge in [-0.15, -0.1) is 0 Å². The zero-order chi connectivity index (χ0) is 13.7. The Kier molecular flexibility index (Phi) is 2.76. The number of hydrogen-bond acceptors (Lipinski definition) is 2. The minimum absolute atomic E-state index is 0.0507. The van der Waals surface area contributed by atoms with Crippen molar-refractivity contribution in [3.63, 3.8) is 0 Å². The van der Waals surface area contributed by atoms with E-state index in [1.807, 2.05) is 18.2 Å². The van der Waals surface area contributed by atoms with Crippen LogP contribution in [0, 0.1) is 23.7 Å². The number of carbonyl (C=O) groups excluding carboxylic acids is 1. The predicted molar refractivity (Wildman–Crippen MR) is 79.2 cm³/mol. The molecule has 20 heavy (non-hydrogen) atoms. The van der Waals surface area contributed by atoms with E-state index >= 15 is 0 Å². The van der Waals surface area contributed by atoms with E-state index in [9.17, 15) is 4.79 Å². The molecule has 0 aliphatic heterocycles. The standard InChI is InChI=1S/C17H22N2O/c18-15-3-1-2-12(9-15)17(20)19-16-13-5-10-4-11(7-13)8-14(16)6-10/h1-3,9-11,13-14,16H,4-8,18H2,(H,19,20). The fourth-order valence-electron chi connectivity index (χ4n) is 5.08. The number of hydrogen-bond donors (Lipinski definition) is 2. The molecular weight excluding hydrogens is 248 g/mol. The molecule has 3 heteroatoms. The van der Waals surface area contributed by atoms with Gasteiger partial charge in [0.05, 0.1) is 0 Å². The highest BCUT2D eigenvalue weighted by molar-refractivity contribution is 5.95. The largest absolute Gasteiger partial charge is 0.399 e. The number of benzene rings is 1. The molecule has 106 valence electrons. The van der Waals surface area contributed by atoms with Gasteiger partial charge in [-0.25, -0.2) is 0 Å². The number of anilines is 1. The van der Waals surface area contributed by atoms with Crippen molar-refractivity contribution in [2.75, 3.05) is 5.73 Å². The topological polar surface area (TPSA) is 55.1 Å². The fourth-order valence-corrected chi connectivity index (χ4v) is 5.08. The van der Waals surface area contributed by atoms with Crippen LogP contribution in [-0.2, 0) is 0 Å². The van der Waals surface area contributed by atoms with Gasteiger partial charge in [-0.05, 0) is 74.0 Å². The van der Waals surface area contributed by atoms with Crippen LogP contribution in [0.1, 0.15) is 42.5 Å². The van der Waals surface area contributed by atoms with E-state index in [1.54, 1.807) is 6.07 Å². The van der Waals surface area contributed by atoms with Gasteiger partial charge in [-0.3, -0.25) is 4.79 Å². The molecule has 0 radical (unpaired) electrons. The lowest BCUT2D eigenvalue weighted by Gasteiger charge is -2.54. The summed E-state index contributed by atoms with van der Waals surface area (Å²) < 4.78 is 0. The molecule has 3 N–H and O–H groups in total. The fraction of sp³-hybridized carbons (Fsp3) is 0.588.